The van der Waals surface area contributed by atoms with Crippen molar-refractivity contribution in [3.05, 3.63) is 95.2 Å². The van der Waals surface area contributed by atoms with E-state index in [-0.39, 0.29) is 30.2 Å². The number of piperidine rings is 2. The Labute approximate surface area is 240 Å². The fourth-order valence-electron chi connectivity index (χ4n) is 4.68. The number of nitrogens with zero attached hydrogens (tertiary/aromatic N) is 3. The molecule has 2 saturated heterocycles. The molecule has 2 atom stereocenters. The topological polar surface area (TPSA) is 74.8 Å². The van der Waals surface area contributed by atoms with Crippen LogP contribution in [0, 0.1) is 0 Å². The van der Waals surface area contributed by atoms with Crippen molar-refractivity contribution in [1.82, 2.24) is 19.5 Å². The number of amides is 2. The van der Waals surface area contributed by atoms with Crippen LogP contribution in [0.1, 0.15) is 54.0 Å². The number of allylic oxidation sites excluding steroid dienone is 5. The number of alkyl halides is 1. The van der Waals surface area contributed by atoms with Gasteiger partial charge in [0.05, 0.1) is 11.6 Å². The van der Waals surface area contributed by atoms with Crippen LogP contribution in [0.5, 0.6) is 5.75 Å². The van der Waals surface area contributed by atoms with Crippen LogP contribution in [-0.2, 0) is 0 Å². The number of ether oxygens (including phenoxy) is 1. The second-order valence-corrected chi connectivity index (χ2v) is 11.0. The first-order valence-corrected chi connectivity index (χ1v) is 14.5. The average molecular weight is 565 g/mol. The van der Waals surface area contributed by atoms with E-state index in [1.54, 1.807) is 17.0 Å². The number of carbonyl (C=O) groups excluding carboxylic acids is 2. The third-order valence-electron chi connectivity index (χ3n) is 6.86. The van der Waals surface area contributed by atoms with E-state index in [0.29, 0.717) is 31.6 Å². The van der Waals surface area contributed by atoms with Crippen molar-refractivity contribution in [2.24, 2.45) is 0 Å². The number of rotatable bonds is 9. The number of halogens is 1. The van der Waals surface area contributed by atoms with Crippen molar-refractivity contribution >= 4 is 23.8 Å². The summed E-state index contributed by atoms with van der Waals surface area (Å²) in [6.07, 6.45) is 12.1. The highest BCUT2D eigenvalue weighted by molar-refractivity contribution is 8.01. The molecule has 1 aromatic heterocycles. The fraction of sp³-hybridized carbons (Fsp3) is 0.387. The number of likely N-dealkylation sites (tertiary alicyclic amines) is 1. The van der Waals surface area contributed by atoms with Gasteiger partial charge in [-0.1, -0.05) is 42.5 Å². The number of benzene rings is 1. The van der Waals surface area contributed by atoms with Gasteiger partial charge >= 0.3 is 0 Å². The van der Waals surface area contributed by atoms with Crippen molar-refractivity contribution in [3.63, 3.8) is 0 Å². The Morgan fingerprint density at radius 1 is 1.05 bits per heavy atom. The first kappa shape index (κ1) is 29.6. The highest BCUT2D eigenvalue weighted by Crippen LogP contribution is 2.28. The quantitative estimate of drug-likeness (QED) is 0.316. The number of para-hydroxylation sites is 1. The van der Waals surface area contributed by atoms with Crippen LogP contribution in [0.4, 0.5) is 4.39 Å². The van der Waals surface area contributed by atoms with Crippen LogP contribution in [-0.4, -0.2) is 70.5 Å². The molecule has 0 aliphatic carbocycles. The molecule has 9 heteroatoms. The maximum Gasteiger partial charge on any atom is 0.272 e. The maximum absolute atomic E-state index is 15.0. The number of hydrogen-bond donors (Lipinski definition) is 1. The summed E-state index contributed by atoms with van der Waals surface area (Å²) in [5.74, 6) is 0.281. The minimum atomic E-state index is -1.19. The number of pyridine rings is 1. The number of carbonyl (C=O) groups is 2. The molecule has 2 amide bonds. The molecule has 0 radical (unpaired) electrons. The van der Waals surface area contributed by atoms with E-state index >= 15 is 0 Å². The van der Waals surface area contributed by atoms with Crippen LogP contribution in [0.3, 0.4) is 0 Å². The van der Waals surface area contributed by atoms with Crippen molar-refractivity contribution in [1.29, 1.82) is 0 Å². The molecular formula is C31H37FN4O3S. The van der Waals surface area contributed by atoms with Crippen LogP contribution in [0.25, 0.3) is 0 Å². The van der Waals surface area contributed by atoms with Gasteiger partial charge in [-0.15, -0.1) is 0 Å². The predicted molar refractivity (Wildman–Crippen MR) is 158 cm³/mol. The molecule has 2 aliphatic heterocycles. The summed E-state index contributed by atoms with van der Waals surface area (Å²) in [4.78, 5) is 32.8. The van der Waals surface area contributed by atoms with E-state index in [1.807, 2.05) is 78.9 Å². The van der Waals surface area contributed by atoms with Gasteiger partial charge in [-0.25, -0.2) is 8.70 Å². The Morgan fingerprint density at radius 2 is 1.82 bits per heavy atom. The third-order valence-corrected chi connectivity index (χ3v) is 7.93. The molecule has 0 bridgehead atoms. The van der Waals surface area contributed by atoms with E-state index in [0.717, 1.165) is 23.5 Å². The van der Waals surface area contributed by atoms with E-state index in [1.165, 1.54) is 18.1 Å². The van der Waals surface area contributed by atoms with Crippen molar-refractivity contribution in [3.8, 4) is 5.75 Å². The monoisotopic (exact) mass is 564 g/mol. The largest absolute Gasteiger partial charge is 0.490 e. The molecule has 1 N–H and O–H groups in total. The Morgan fingerprint density at radius 3 is 2.48 bits per heavy atom. The molecular weight excluding hydrogens is 527 g/mol. The van der Waals surface area contributed by atoms with Crippen molar-refractivity contribution in [2.75, 3.05) is 26.2 Å². The lowest BCUT2D eigenvalue weighted by atomic mass is 10.0. The summed E-state index contributed by atoms with van der Waals surface area (Å²) >= 11 is 1.52. The molecule has 1 aromatic carbocycles. The first-order valence-electron chi connectivity index (χ1n) is 13.8. The van der Waals surface area contributed by atoms with Crippen LogP contribution in [0.15, 0.2) is 83.9 Å². The van der Waals surface area contributed by atoms with Crippen LogP contribution in [0.2, 0.25) is 0 Å². The van der Waals surface area contributed by atoms with Gasteiger partial charge in [-0.05, 0) is 62.6 Å². The Balaban J connectivity index is 1.24. The van der Waals surface area contributed by atoms with Gasteiger partial charge in [0.1, 0.15) is 23.7 Å². The highest BCUT2D eigenvalue weighted by Gasteiger charge is 2.31. The maximum atomic E-state index is 15.0. The summed E-state index contributed by atoms with van der Waals surface area (Å²) in [6, 6.07) is 12.3. The zero-order valence-corrected chi connectivity index (χ0v) is 23.9. The molecule has 2 aliphatic rings. The van der Waals surface area contributed by atoms with Gasteiger partial charge < -0.3 is 15.0 Å². The van der Waals surface area contributed by atoms with Crippen molar-refractivity contribution < 1.29 is 18.7 Å². The second kappa shape index (κ2) is 14.8. The molecule has 4 rings (SSSR count). The SMILES string of the molecule is C\C=C/C=C(\C=C/C)SN1CC[C@@H](NC(=O)c2ccc(C(=O)N3CCC(Oc4ccccc4)CC3)nc2)[C@H](F)C1. The van der Waals surface area contributed by atoms with Gasteiger partial charge in [0.25, 0.3) is 11.8 Å². The third kappa shape index (κ3) is 8.29. The lowest BCUT2D eigenvalue weighted by molar-refractivity contribution is 0.0589. The lowest BCUT2D eigenvalue weighted by Gasteiger charge is -2.34. The van der Waals surface area contributed by atoms with E-state index in [4.69, 9.17) is 4.74 Å². The summed E-state index contributed by atoms with van der Waals surface area (Å²) in [7, 11) is 0. The molecule has 0 spiro atoms. The molecule has 2 fully saturated rings. The molecule has 7 nitrogen and oxygen atoms in total. The van der Waals surface area contributed by atoms with Crippen LogP contribution >= 0.6 is 11.9 Å². The second-order valence-electron chi connectivity index (χ2n) is 9.81. The van der Waals surface area contributed by atoms with Crippen molar-refractivity contribution in [2.45, 2.75) is 51.4 Å². The fourth-order valence-corrected chi connectivity index (χ4v) is 5.73. The summed E-state index contributed by atoms with van der Waals surface area (Å²) in [6.45, 7) is 5.94. The number of nitrogens with one attached hydrogen (secondary N) is 1. The minimum Gasteiger partial charge on any atom is -0.490 e. The highest BCUT2D eigenvalue weighted by atomic mass is 32.2. The molecule has 2 aromatic rings. The summed E-state index contributed by atoms with van der Waals surface area (Å²) in [5.41, 5.74) is 0.593. The average Bonchev–Trinajstić information content (AvgIpc) is 2.98. The zero-order chi connectivity index (χ0) is 28.3. The molecule has 3 heterocycles. The predicted octanol–water partition coefficient (Wildman–Crippen LogP) is 5.59. The van der Waals surface area contributed by atoms with E-state index in [9.17, 15) is 14.0 Å². The molecule has 0 unspecified atom stereocenters. The van der Waals surface area contributed by atoms with Gasteiger partial charge in [-0.3, -0.25) is 14.6 Å². The van der Waals surface area contributed by atoms with E-state index < -0.39 is 12.2 Å². The molecule has 40 heavy (non-hydrogen) atoms. The number of aromatic nitrogens is 1. The molecule has 0 saturated carbocycles. The Hall–Kier alpha value is -3.43. The van der Waals surface area contributed by atoms with Gasteiger partial charge in [0.15, 0.2) is 0 Å². The van der Waals surface area contributed by atoms with Crippen LogP contribution < -0.4 is 10.1 Å². The smallest absolute Gasteiger partial charge is 0.272 e. The normalized spacial score (nSPS) is 21.2. The first-order chi connectivity index (χ1) is 19.5. The minimum absolute atomic E-state index is 0.0696. The van der Waals surface area contributed by atoms with Gasteiger partial charge in [-0.2, -0.15) is 0 Å². The summed E-state index contributed by atoms with van der Waals surface area (Å²) < 4.78 is 23.0. The Bertz CT molecular complexity index is 1210. The van der Waals surface area contributed by atoms with Gasteiger partial charge in [0, 0.05) is 50.1 Å². The lowest BCUT2D eigenvalue weighted by Crippen LogP contribution is -2.50. The summed E-state index contributed by atoms with van der Waals surface area (Å²) in [5, 5.41) is 2.82. The van der Waals surface area contributed by atoms with Gasteiger partial charge in [0.2, 0.25) is 0 Å². The number of hydrogen-bond acceptors (Lipinski definition) is 6. The zero-order valence-electron chi connectivity index (χ0n) is 23.0. The van der Waals surface area contributed by atoms with E-state index in [2.05, 4.69) is 10.3 Å². The Kier molecular flexibility index (Phi) is 10.9. The molecule has 212 valence electrons. The standard InChI is InChI=1S/C31H37FN4O3S/c1-3-5-12-26(9-4-2)40-36-20-17-28(27(32)22-36)34-30(37)23-13-14-29(33-21-23)31(38)35-18-15-25(16-19-35)39-24-10-7-6-8-11-24/h3-14,21,25,27-28H,15-20,22H2,1-2H3,(H,34,37)/b5-3-,9-4-,26-12+/t27-,28-/m1/s1.